The number of rotatable bonds is 4. The highest BCUT2D eigenvalue weighted by Gasteiger charge is 2.17. The smallest absolute Gasteiger partial charge is 0.135 e. The summed E-state index contributed by atoms with van der Waals surface area (Å²) in [6, 6.07) is 54.4. The number of benzene rings is 7. The highest BCUT2D eigenvalue weighted by atomic mass is 32.1. The Hall–Kier alpha value is -5.38. The van der Waals surface area contributed by atoms with Gasteiger partial charge in [-0.25, -0.2) is 0 Å². The molecule has 9 aromatic rings. The number of furan rings is 1. The molecule has 0 unspecified atom stereocenters. The average molecular weight is 568 g/mol. The molecule has 2 nitrogen and oxygen atoms in total. The molecule has 0 aliphatic carbocycles. The van der Waals surface area contributed by atoms with Gasteiger partial charge in [0.05, 0.1) is 5.69 Å². The third kappa shape index (κ3) is 3.93. The van der Waals surface area contributed by atoms with Crippen molar-refractivity contribution in [2.75, 3.05) is 4.90 Å². The number of anilines is 3. The Bertz CT molecular complexity index is 2460. The number of thiophene rings is 1. The first-order valence-electron chi connectivity index (χ1n) is 14.5. The molecule has 2 heterocycles. The van der Waals surface area contributed by atoms with E-state index in [1.54, 1.807) is 0 Å². The van der Waals surface area contributed by atoms with Gasteiger partial charge in [0.1, 0.15) is 11.2 Å². The van der Waals surface area contributed by atoms with Gasteiger partial charge >= 0.3 is 0 Å². The van der Waals surface area contributed by atoms with Crippen molar-refractivity contribution in [3.8, 4) is 11.1 Å². The van der Waals surface area contributed by atoms with E-state index < -0.39 is 0 Å². The lowest BCUT2D eigenvalue weighted by Gasteiger charge is -2.27. The van der Waals surface area contributed by atoms with Gasteiger partial charge in [-0.15, -0.1) is 11.3 Å². The van der Waals surface area contributed by atoms with Crippen LogP contribution >= 0.6 is 11.3 Å². The lowest BCUT2D eigenvalue weighted by molar-refractivity contribution is 0.669. The Morgan fingerprint density at radius 2 is 1.09 bits per heavy atom. The van der Waals surface area contributed by atoms with Gasteiger partial charge in [-0.2, -0.15) is 0 Å². The van der Waals surface area contributed by atoms with Crippen molar-refractivity contribution in [2.24, 2.45) is 0 Å². The zero-order chi connectivity index (χ0) is 28.3. The van der Waals surface area contributed by atoms with Crippen LogP contribution in [0.1, 0.15) is 0 Å². The van der Waals surface area contributed by atoms with Crippen LogP contribution in [0.2, 0.25) is 0 Å². The summed E-state index contributed by atoms with van der Waals surface area (Å²) in [5, 5.41) is 7.37. The Morgan fingerprint density at radius 3 is 2.00 bits per heavy atom. The normalized spacial score (nSPS) is 11.7. The van der Waals surface area contributed by atoms with E-state index in [2.05, 4.69) is 144 Å². The van der Waals surface area contributed by atoms with Gasteiger partial charge in [0.15, 0.2) is 0 Å². The molecule has 0 amide bonds. The first kappa shape index (κ1) is 24.2. The molecule has 43 heavy (non-hydrogen) atoms. The Morgan fingerprint density at radius 1 is 0.419 bits per heavy atom. The molecule has 0 aliphatic heterocycles. The summed E-state index contributed by atoms with van der Waals surface area (Å²) in [5.41, 5.74) is 7.62. The maximum Gasteiger partial charge on any atom is 0.135 e. The minimum absolute atomic E-state index is 0.917. The molecule has 0 N–H and O–H groups in total. The monoisotopic (exact) mass is 567 g/mol. The fourth-order valence-corrected chi connectivity index (χ4v) is 7.53. The van der Waals surface area contributed by atoms with Crippen LogP contribution in [0.5, 0.6) is 0 Å². The SMILES string of the molecule is c1ccc2c(N(c3ccc(-c4ccc5oc6ccccc6c5c4)cc3)c3ccc4c(c3)sc3ccccc34)cccc2c1. The predicted octanol–water partition coefficient (Wildman–Crippen LogP) is 12.2. The van der Waals surface area contributed by atoms with E-state index in [0.29, 0.717) is 0 Å². The zero-order valence-electron chi connectivity index (χ0n) is 23.2. The van der Waals surface area contributed by atoms with Crippen molar-refractivity contribution in [3.05, 3.63) is 152 Å². The minimum atomic E-state index is 0.917. The fraction of sp³-hybridized carbons (Fsp3) is 0. The molecular weight excluding hydrogens is 543 g/mol. The van der Waals surface area contributed by atoms with Crippen molar-refractivity contribution >= 4 is 81.3 Å². The summed E-state index contributed by atoms with van der Waals surface area (Å²) in [4.78, 5) is 2.39. The van der Waals surface area contributed by atoms with E-state index >= 15 is 0 Å². The molecule has 9 rings (SSSR count). The summed E-state index contributed by atoms with van der Waals surface area (Å²) in [5.74, 6) is 0. The summed E-state index contributed by atoms with van der Waals surface area (Å²) < 4.78 is 8.68. The number of para-hydroxylation sites is 1. The van der Waals surface area contributed by atoms with Crippen LogP contribution in [0.4, 0.5) is 17.1 Å². The Kier molecular flexibility index (Phi) is 5.40. The zero-order valence-corrected chi connectivity index (χ0v) is 24.0. The van der Waals surface area contributed by atoms with Crippen LogP contribution in [-0.4, -0.2) is 0 Å². The quantitative estimate of drug-likeness (QED) is 0.210. The maximum absolute atomic E-state index is 6.07. The highest BCUT2D eigenvalue weighted by molar-refractivity contribution is 7.25. The van der Waals surface area contributed by atoms with Crippen molar-refractivity contribution in [1.29, 1.82) is 0 Å². The molecule has 0 atom stereocenters. The van der Waals surface area contributed by atoms with Gasteiger partial charge in [-0.05, 0) is 71.1 Å². The molecule has 3 heteroatoms. The molecular formula is C40H25NOS. The van der Waals surface area contributed by atoms with E-state index in [-0.39, 0.29) is 0 Å². The number of hydrogen-bond donors (Lipinski definition) is 0. The van der Waals surface area contributed by atoms with Gasteiger partial charge in [-0.1, -0.05) is 97.1 Å². The van der Waals surface area contributed by atoms with Crippen LogP contribution in [-0.2, 0) is 0 Å². The number of hydrogen-bond acceptors (Lipinski definition) is 3. The second kappa shape index (κ2) is 9.59. The second-order valence-electron chi connectivity index (χ2n) is 11.0. The topological polar surface area (TPSA) is 16.4 Å². The van der Waals surface area contributed by atoms with Crippen molar-refractivity contribution in [1.82, 2.24) is 0 Å². The molecule has 0 spiro atoms. The summed E-state index contributed by atoms with van der Waals surface area (Å²) >= 11 is 1.85. The van der Waals surface area contributed by atoms with E-state index in [1.807, 2.05) is 23.5 Å². The van der Waals surface area contributed by atoms with Crippen LogP contribution in [0, 0.1) is 0 Å². The molecule has 2 aromatic heterocycles. The Labute approximate surface area is 252 Å². The molecule has 0 saturated carbocycles. The van der Waals surface area contributed by atoms with Gasteiger partial charge < -0.3 is 9.32 Å². The van der Waals surface area contributed by atoms with E-state index in [9.17, 15) is 0 Å². The first-order chi connectivity index (χ1) is 21.3. The Balaban J connectivity index is 1.19. The lowest BCUT2D eigenvalue weighted by atomic mass is 10.0. The average Bonchev–Trinajstić information content (AvgIpc) is 3.63. The van der Waals surface area contributed by atoms with Gasteiger partial charge in [0.2, 0.25) is 0 Å². The van der Waals surface area contributed by atoms with Gasteiger partial charge in [-0.3, -0.25) is 0 Å². The third-order valence-electron chi connectivity index (χ3n) is 8.46. The van der Waals surface area contributed by atoms with Crippen LogP contribution in [0.3, 0.4) is 0 Å². The summed E-state index contributed by atoms with van der Waals surface area (Å²) in [6.45, 7) is 0. The molecule has 0 bridgehead atoms. The molecule has 202 valence electrons. The van der Waals surface area contributed by atoms with Gasteiger partial charge in [0, 0.05) is 47.7 Å². The van der Waals surface area contributed by atoms with E-state index in [0.717, 1.165) is 39.0 Å². The molecule has 7 aromatic carbocycles. The largest absolute Gasteiger partial charge is 0.456 e. The van der Waals surface area contributed by atoms with Crippen LogP contribution in [0.15, 0.2) is 156 Å². The van der Waals surface area contributed by atoms with Crippen molar-refractivity contribution in [3.63, 3.8) is 0 Å². The van der Waals surface area contributed by atoms with E-state index in [4.69, 9.17) is 4.42 Å². The van der Waals surface area contributed by atoms with Crippen LogP contribution in [0.25, 0.3) is 64.0 Å². The predicted molar refractivity (Wildman–Crippen MR) is 184 cm³/mol. The molecule has 0 radical (unpaired) electrons. The molecule has 0 saturated heterocycles. The summed E-state index contributed by atoms with van der Waals surface area (Å²) in [7, 11) is 0. The molecule has 0 aliphatic rings. The number of fused-ring (bicyclic) bond motifs is 7. The first-order valence-corrected chi connectivity index (χ1v) is 15.3. The van der Waals surface area contributed by atoms with E-state index in [1.165, 1.54) is 42.1 Å². The van der Waals surface area contributed by atoms with Crippen LogP contribution < -0.4 is 4.90 Å². The standard InChI is InChI=1S/C40H25NOS/c1-2-10-31-27(8-1)9-7-13-36(31)41(30-21-22-34-33-12-4-6-15-39(33)43-40(34)25-30)29-19-16-26(17-20-29)28-18-23-38-35(24-28)32-11-3-5-14-37(32)42-38/h1-25H. The van der Waals surface area contributed by atoms with Crippen molar-refractivity contribution < 1.29 is 4.42 Å². The summed E-state index contributed by atoms with van der Waals surface area (Å²) in [6.07, 6.45) is 0. The number of nitrogens with zero attached hydrogens (tertiary/aromatic N) is 1. The minimum Gasteiger partial charge on any atom is -0.456 e. The highest BCUT2D eigenvalue weighted by Crippen LogP contribution is 2.43. The van der Waals surface area contributed by atoms with Crippen molar-refractivity contribution in [2.45, 2.75) is 0 Å². The maximum atomic E-state index is 6.07. The molecule has 0 fully saturated rings. The lowest BCUT2D eigenvalue weighted by Crippen LogP contribution is -2.10. The second-order valence-corrected chi connectivity index (χ2v) is 12.1. The third-order valence-corrected chi connectivity index (χ3v) is 9.60. The fourth-order valence-electron chi connectivity index (χ4n) is 6.39. The van der Waals surface area contributed by atoms with Gasteiger partial charge in [0.25, 0.3) is 0 Å².